The van der Waals surface area contributed by atoms with Gasteiger partial charge in [-0.3, -0.25) is 4.79 Å². The lowest BCUT2D eigenvalue weighted by Gasteiger charge is -2.21. The maximum atomic E-state index is 13.7. The van der Waals surface area contributed by atoms with E-state index >= 15 is 0 Å². The maximum Gasteiger partial charge on any atom is 0.254 e. The van der Waals surface area contributed by atoms with Crippen LogP contribution >= 0.6 is 0 Å². The van der Waals surface area contributed by atoms with Gasteiger partial charge < -0.3 is 19.1 Å². The molecule has 0 aliphatic heterocycles. The number of benzene rings is 2. The van der Waals surface area contributed by atoms with Crippen LogP contribution in [0, 0.1) is 12.7 Å². The summed E-state index contributed by atoms with van der Waals surface area (Å²) in [5.41, 5.74) is 1.55. The Morgan fingerprint density at radius 3 is 2.28 bits per heavy atom. The van der Waals surface area contributed by atoms with Crippen molar-refractivity contribution < 1.29 is 23.4 Å². The van der Waals surface area contributed by atoms with Crippen molar-refractivity contribution in [3.8, 4) is 17.2 Å². The lowest BCUT2D eigenvalue weighted by Crippen LogP contribution is -2.26. The molecule has 25 heavy (non-hydrogen) atoms. The minimum Gasteiger partial charge on any atom is -0.493 e. The van der Waals surface area contributed by atoms with Crippen molar-refractivity contribution >= 4 is 5.91 Å². The molecule has 0 N–H and O–H groups in total. The van der Waals surface area contributed by atoms with Crippen LogP contribution < -0.4 is 14.2 Å². The third-order valence-electron chi connectivity index (χ3n) is 3.96. The molecule has 2 aromatic carbocycles. The van der Waals surface area contributed by atoms with Crippen LogP contribution in [0.15, 0.2) is 30.3 Å². The molecule has 0 unspecified atom stereocenters. The summed E-state index contributed by atoms with van der Waals surface area (Å²) in [4.78, 5) is 14.0. The van der Waals surface area contributed by atoms with Crippen LogP contribution in [0.1, 0.15) is 21.5 Å². The van der Waals surface area contributed by atoms with Crippen molar-refractivity contribution in [3.63, 3.8) is 0 Å². The normalized spacial score (nSPS) is 10.3. The van der Waals surface area contributed by atoms with Crippen LogP contribution in [-0.4, -0.2) is 39.2 Å². The van der Waals surface area contributed by atoms with E-state index in [0.29, 0.717) is 28.4 Å². The number of nitrogens with zero attached hydrogens (tertiary/aromatic N) is 1. The molecular formula is C19H22FNO4. The SMILES string of the molecule is COc1ccc(CN(C)C(=O)c2ccc(C)c(F)c2)c(OC)c1OC. The van der Waals surface area contributed by atoms with Gasteiger partial charge in [-0.25, -0.2) is 4.39 Å². The topological polar surface area (TPSA) is 48.0 Å². The fourth-order valence-corrected chi connectivity index (χ4v) is 2.56. The van der Waals surface area contributed by atoms with Crippen molar-refractivity contribution in [1.29, 1.82) is 0 Å². The highest BCUT2D eigenvalue weighted by molar-refractivity contribution is 5.94. The Hall–Kier alpha value is -2.76. The van der Waals surface area contributed by atoms with Gasteiger partial charge in [0.25, 0.3) is 5.91 Å². The van der Waals surface area contributed by atoms with Crippen molar-refractivity contribution in [2.24, 2.45) is 0 Å². The molecule has 2 rings (SSSR count). The first-order valence-corrected chi connectivity index (χ1v) is 7.72. The quantitative estimate of drug-likeness (QED) is 0.803. The lowest BCUT2D eigenvalue weighted by atomic mass is 10.1. The number of hydrogen-bond acceptors (Lipinski definition) is 4. The van der Waals surface area contributed by atoms with E-state index in [-0.39, 0.29) is 12.5 Å². The minimum atomic E-state index is -0.400. The lowest BCUT2D eigenvalue weighted by molar-refractivity contribution is 0.0783. The zero-order valence-electron chi connectivity index (χ0n) is 15.1. The van der Waals surface area contributed by atoms with Crippen molar-refractivity contribution in [2.45, 2.75) is 13.5 Å². The smallest absolute Gasteiger partial charge is 0.254 e. The summed E-state index contributed by atoms with van der Waals surface area (Å²) in [6.07, 6.45) is 0. The van der Waals surface area contributed by atoms with Crippen molar-refractivity contribution in [2.75, 3.05) is 28.4 Å². The van der Waals surface area contributed by atoms with Gasteiger partial charge >= 0.3 is 0 Å². The second-order valence-corrected chi connectivity index (χ2v) is 5.62. The van der Waals surface area contributed by atoms with Gasteiger partial charge in [-0.05, 0) is 36.8 Å². The zero-order valence-corrected chi connectivity index (χ0v) is 15.1. The van der Waals surface area contributed by atoms with Crippen LogP contribution in [0.2, 0.25) is 0 Å². The van der Waals surface area contributed by atoms with Crippen LogP contribution in [-0.2, 0) is 6.54 Å². The van der Waals surface area contributed by atoms with E-state index in [0.717, 1.165) is 5.56 Å². The van der Waals surface area contributed by atoms with E-state index in [1.807, 2.05) is 0 Å². The summed E-state index contributed by atoms with van der Waals surface area (Å²) in [6.45, 7) is 1.93. The van der Waals surface area contributed by atoms with Gasteiger partial charge in [0, 0.05) is 24.7 Å². The molecule has 0 heterocycles. The van der Waals surface area contributed by atoms with E-state index in [1.54, 1.807) is 45.3 Å². The van der Waals surface area contributed by atoms with E-state index in [1.165, 1.54) is 25.2 Å². The van der Waals surface area contributed by atoms with Gasteiger partial charge in [0.05, 0.1) is 21.3 Å². The largest absolute Gasteiger partial charge is 0.493 e. The van der Waals surface area contributed by atoms with Crippen LogP contribution in [0.5, 0.6) is 17.2 Å². The fraction of sp³-hybridized carbons (Fsp3) is 0.316. The molecule has 6 heteroatoms. The molecule has 0 aromatic heterocycles. The molecule has 0 aliphatic rings. The number of ether oxygens (including phenoxy) is 3. The third-order valence-corrected chi connectivity index (χ3v) is 3.96. The molecule has 1 amide bonds. The maximum absolute atomic E-state index is 13.7. The number of hydrogen-bond donors (Lipinski definition) is 0. The van der Waals surface area contributed by atoms with Gasteiger partial charge in [-0.15, -0.1) is 0 Å². The first-order valence-electron chi connectivity index (χ1n) is 7.72. The van der Waals surface area contributed by atoms with Gasteiger partial charge in [0.2, 0.25) is 5.75 Å². The monoisotopic (exact) mass is 347 g/mol. The standard InChI is InChI=1S/C19H22FNO4/c1-12-6-7-13(10-15(12)20)19(22)21(2)11-14-8-9-16(23-3)18(25-5)17(14)24-4/h6-10H,11H2,1-5H3. The summed E-state index contributed by atoms with van der Waals surface area (Å²) in [7, 11) is 6.24. The Labute approximate surface area is 146 Å². The molecule has 0 radical (unpaired) electrons. The van der Waals surface area contributed by atoms with Crippen LogP contribution in [0.3, 0.4) is 0 Å². The Balaban J connectivity index is 2.29. The molecular weight excluding hydrogens is 325 g/mol. The van der Waals surface area contributed by atoms with Crippen molar-refractivity contribution in [1.82, 2.24) is 4.90 Å². The molecule has 0 atom stereocenters. The van der Waals surface area contributed by atoms with E-state index in [2.05, 4.69) is 0 Å². The second kappa shape index (κ2) is 7.88. The number of rotatable bonds is 6. The number of methoxy groups -OCH3 is 3. The Bertz CT molecular complexity index is 776. The highest BCUT2D eigenvalue weighted by Crippen LogP contribution is 2.40. The predicted octanol–water partition coefficient (Wildman–Crippen LogP) is 3.43. The predicted molar refractivity (Wildman–Crippen MR) is 93.0 cm³/mol. The molecule has 134 valence electrons. The van der Waals surface area contributed by atoms with E-state index in [4.69, 9.17) is 14.2 Å². The van der Waals surface area contributed by atoms with E-state index in [9.17, 15) is 9.18 Å². The zero-order chi connectivity index (χ0) is 18.6. The fourth-order valence-electron chi connectivity index (χ4n) is 2.56. The van der Waals surface area contributed by atoms with Gasteiger partial charge in [-0.2, -0.15) is 0 Å². The molecule has 2 aromatic rings. The third kappa shape index (κ3) is 3.84. The van der Waals surface area contributed by atoms with Crippen molar-refractivity contribution in [3.05, 3.63) is 52.8 Å². The summed E-state index contributed by atoms with van der Waals surface area (Å²) in [5, 5.41) is 0. The van der Waals surface area contributed by atoms with Crippen LogP contribution in [0.4, 0.5) is 4.39 Å². The highest BCUT2D eigenvalue weighted by atomic mass is 19.1. The Morgan fingerprint density at radius 1 is 1.04 bits per heavy atom. The molecule has 0 saturated heterocycles. The summed E-state index contributed by atoms with van der Waals surface area (Å²) in [6, 6.07) is 8.01. The first-order chi connectivity index (χ1) is 11.9. The van der Waals surface area contributed by atoms with Gasteiger partial charge in [0.1, 0.15) is 5.82 Å². The molecule has 0 aliphatic carbocycles. The average Bonchev–Trinajstić information content (AvgIpc) is 2.62. The van der Waals surface area contributed by atoms with E-state index < -0.39 is 5.82 Å². The number of carbonyl (C=O) groups excluding carboxylic acids is 1. The molecule has 0 saturated carbocycles. The summed E-state index contributed by atoms with van der Waals surface area (Å²) >= 11 is 0. The highest BCUT2D eigenvalue weighted by Gasteiger charge is 2.19. The van der Waals surface area contributed by atoms with Crippen LogP contribution in [0.25, 0.3) is 0 Å². The Morgan fingerprint density at radius 2 is 1.72 bits per heavy atom. The molecule has 5 nitrogen and oxygen atoms in total. The second-order valence-electron chi connectivity index (χ2n) is 5.62. The Kier molecular flexibility index (Phi) is 5.85. The number of amides is 1. The number of halogens is 1. The van der Waals surface area contributed by atoms with Gasteiger partial charge in [-0.1, -0.05) is 6.07 Å². The first kappa shape index (κ1) is 18.6. The molecule has 0 fully saturated rings. The minimum absolute atomic E-state index is 0.276. The summed E-state index contributed by atoms with van der Waals surface area (Å²) < 4.78 is 29.7. The molecule has 0 bridgehead atoms. The van der Waals surface area contributed by atoms with Gasteiger partial charge in [0.15, 0.2) is 11.5 Å². The average molecular weight is 347 g/mol. The number of carbonyl (C=O) groups is 1. The molecule has 0 spiro atoms. The number of aryl methyl sites for hydroxylation is 1. The summed E-state index contributed by atoms with van der Waals surface area (Å²) in [5.74, 6) is 0.817.